The van der Waals surface area contributed by atoms with Gasteiger partial charge in [0.25, 0.3) is 0 Å². The third-order valence-electron chi connectivity index (χ3n) is 2.30. The van der Waals surface area contributed by atoms with Gasteiger partial charge in [-0.3, -0.25) is 5.10 Å². The SMILES string of the molecule is NS(=O)(=O)c1ccc(NCc2ccn[nH]2)c(F)c1. The number of halogens is 1. The van der Waals surface area contributed by atoms with Crippen LogP contribution in [0.2, 0.25) is 0 Å². The molecule has 0 spiro atoms. The maximum atomic E-state index is 13.6. The lowest BCUT2D eigenvalue weighted by atomic mass is 10.3. The van der Waals surface area contributed by atoms with Crippen molar-refractivity contribution in [3.63, 3.8) is 0 Å². The van der Waals surface area contributed by atoms with Gasteiger partial charge in [0.05, 0.1) is 22.8 Å². The summed E-state index contributed by atoms with van der Waals surface area (Å²) in [6, 6.07) is 5.19. The number of aromatic amines is 1. The Labute approximate surface area is 103 Å². The van der Waals surface area contributed by atoms with Crippen LogP contribution >= 0.6 is 0 Å². The van der Waals surface area contributed by atoms with Gasteiger partial charge in [-0.1, -0.05) is 0 Å². The van der Waals surface area contributed by atoms with Crippen LogP contribution in [-0.4, -0.2) is 18.6 Å². The van der Waals surface area contributed by atoms with Gasteiger partial charge in [-0.25, -0.2) is 17.9 Å². The number of hydrogen-bond donors (Lipinski definition) is 3. The predicted molar refractivity (Wildman–Crippen MR) is 63.7 cm³/mol. The number of nitrogens with one attached hydrogen (secondary N) is 2. The molecular weight excluding hydrogens is 259 g/mol. The number of nitrogens with zero attached hydrogens (tertiary/aromatic N) is 1. The van der Waals surface area contributed by atoms with E-state index in [1.54, 1.807) is 12.3 Å². The number of anilines is 1. The first-order chi connectivity index (χ1) is 8.47. The van der Waals surface area contributed by atoms with Gasteiger partial charge in [0, 0.05) is 6.20 Å². The zero-order valence-corrected chi connectivity index (χ0v) is 10.0. The fourth-order valence-electron chi connectivity index (χ4n) is 1.39. The van der Waals surface area contributed by atoms with Gasteiger partial charge in [-0.2, -0.15) is 5.10 Å². The lowest BCUT2D eigenvalue weighted by Gasteiger charge is -2.07. The van der Waals surface area contributed by atoms with Gasteiger partial charge in [0.15, 0.2) is 0 Å². The smallest absolute Gasteiger partial charge is 0.238 e. The zero-order chi connectivity index (χ0) is 13.2. The molecule has 0 aliphatic rings. The fraction of sp³-hybridized carbons (Fsp3) is 0.100. The Morgan fingerprint density at radius 1 is 1.39 bits per heavy atom. The van der Waals surface area contributed by atoms with Crippen LogP contribution in [0.5, 0.6) is 0 Å². The summed E-state index contributed by atoms with van der Waals surface area (Å²) in [6.45, 7) is 0.353. The van der Waals surface area contributed by atoms with E-state index in [4.69, 9.17) is 5.14 Å². The molecule has 1 heterocycles. The zero-order valence-electron chi connectivity index (χ0n) is 9.22. The van der Waals surface area contributed by atoms with E-state index in [1.807, 2.05) is 0 Å². The topological polar surface area (TPSA) is 101 Å². The van der Waals surface area contributed by atoms with Crippen molar-refractivity contribution < 1.29 is 12.8 Å². The van der Waals surface area contributed by atoms with E-state index in [9.17, 15) is 12.8 Å². The Kier molecular flexibility index (Phi) is 3.30. The molecule has 0 aliphatic carbocycles. The van der Waals surface area contributed by atoms with Crippen molar-refractivity contribution in [1.82, 2.24) is 10.2 Å². The van der Waals surface area contributed by atoms with Crippen molar-refractivity contribution in [3.8, 4) is 0 Å². The molecule has 2 rings (SSSR count). The minimum Gasteiger partial charge on any atom is -0.377 e. The van der Waals surface area contributed by atoms with Gasteiger partial charge in [-0.05, 0) is 24.3 Å². The number of hydrogen-bond acceptors (Lipinski definition) is 4. The Hall–Kier alpha value is -1.93. The summed E-state index contributed by atoms with van der Waals surface area (Å²) in [7, 11) is -3.88. The Bertz CT molecular complexity index is 640. The van der Waals surface area contributed by atoms with Gasteiger partial charge < -0.3 is 5.32 Å². The summed E-state index contributed by atoms with van der Waals surface area (Å²) in [5, 5.41) is 14.2. The summed E-state index contributed by atoms with van der Waals surface area (Å²) >= 11 is 0. The Balaban J connectivity index is 2.15. The second-order valence-electron chi connectivity index (χ2n) is 3.62. The van der Waals surface area contributed by atoms with Crippen molar-refractivity contribution in [2.75, 3.05) is 5.32 Å². The summed E-state index contributed by atoms with van der Waals surface area (Å²) < 4.78 is 35.6. The number of rotatable bonds is 4. The average Bonchev–Trinajstić information content (AvgIpc) is 2.79. The molecule has 0 unspecified atom stereocenters. The van der Waals surface area contributed by atoms with E-state index in [2.05, 4.69) is 15.5 Å². The first kappa shape index (κ1) is 12.5. The van der Waals surface area contributed by atoms with Crippen LogP contribution < -0.4 is 10.5 Å². The Morgan fingerprint density at radius 3 is 2.72 bits per heavy atom. The van der Waals surface area contributed by atoms with Crippen molar-refractivity contribution in [2.45, 2.75) is 11.4 Å². The maximum absolute atomic E-state index is 13.6. The standard InChI is InChI=1S/C10H11FN4O2S/c11-9-5-8(18(12,16)17)1-2-10(9)13-6-7-3-4-14-15-7/h1-5,13H,6H2,(H,14,15)(H2,12,16,17). The van der Waals surface area contributed by atoms with Crippen LogP contribution in [0.25, 0.3) is 0 Å². The van der Waals surface area contributed by atoms with Crippen LogP contribution in [0, 0.1) is 5.82 Å². The molecular formula is C10H11FN4O2S. The van der Waals surface area contributed by atoms with E-state index >= 15 is 0 Å². The fourth-order valence-corrected chi connectivity index (χ4v) is 1.92. The van der Waals surface area contributed by atoms with Crippen molar-refractivity contribution >= 4 is 15.7 Å². The lowest BCUT2D eigenvalue weighted by molar-refractivity contribution is 0.593. The highest BCUT2D eigenvalue weighted by Gasteiger charge is 2.11. The normalized spacial score (nSPS) is 11.4. The molecule has 4 N–H and O–H groups in total. The third kappa shape index (κ3) is 2.84. The third-order valence-corrected chi connectivity index (χ3v) is 3.21. The molecule has 0 radical (unpaired) electrons. The number of nitrogens with two attached hydrogens (primary N) is 1. The Morgan fingerprint density at radius 2 is 2.17 bits per heavy atom. The van der Waals surface area contributed by atoms with E-state index in [1.165, 1.54) is 12.1 Å². The first-order valence-electron chi connectivity index (χ1n) is 5.01. The molecule has 18 heavy (non-hydrogen) atoms. The lowest BCUT2D eigenvalue weighted by Crippen LogP contribution is -2.12. The van der Waals surface area contributed by atoms with Crippen LogP contribution in [0.1, 0.15) is 5.69 Å². The molecule has 0 saturated carbocycles. The largest absolute Gasteiger partial charge is 0.377 e. The van der Waals surface area contributed by atoms with Gasteiger partial charge in [0.1, 0.15) is 5.82 Å². The van der Waals surface area contributed by atoms with Gasteiger partial charge >= 0.3 is 0 Å². The molecule has 0 fully saturated rings. The second-order valence-corrected chi connectivity index (χ2v) is 5.18. The average molecular weight is 270 g/mol. The van der Waals surface area contributed by atoms with Gasteiger partial charge in [0.2, 0.25) is 10.0 Å². The monoisotopic (exact) mass is 270 g/mol. The summed E-state index contributed by atoms with van der Waals surface area (Å²) in [4.78, 5) is -0.257. The van der Waals surface area contributed by atoms with Crippen LogP contribution in [0.3, 0.4) is 0 Å². The number of benzene rings is 1. The van der Waals surface area contributed by atoms with E-state index in [0.717, 1.165) is 11.8 Å². The quantitative estimate of drug-likeness (QED) is 0.765. The molecule has 1 aromatic carbocycles. The predicted octanol–water partition coefficient (Wildman–Crippen LogP) is 0.808. The molecule has 2 aromatic rings. The maximum Gasteiger partial charge on any atom is 0.238 e. The van der Waals surface area contributed by atoms with E-state index < -0.39 is 15.8 Å². The van der Waals surface area contributed by atoms with E-state index in [-0.39, 0.29) is 10.6 Å². The van der Waals surface area contributed by atoms with Crippen LogP contribution in [-0.2, 0) is 16.6 Å². The second kappa shape index (κ2) is 4.75. The highest BCUT2D eigenvalue weighted by atomic mass is 32.2. The number of sulfonamides is 1. The minimum atomic E-state index is -3.88. The van der Waals surface area contributed by atoms with Crippen LogP contribution in [0.15, 0.2) is 35.4 Å². The summed E-state index contributed by atoms with van der Waals surface area (Å²) in [6.07, 6.45) is 1.58. The molecule has 0 bridgehead atoms. The summed E-state index contributed by atoms with van der Waals surface area (Å²) in [5.74, 6) is -0.680. The number of primary sulfonamides is 1. The minimum absolute atomic E-state index is 0.192. The van der Waals surface area contributed by atoms with Crippen molar-refractivity contribution in [1.29, 1.82) is 0 Å². The molecule has 0 atom stereocenters. The molecule has 0 aliphatic heterocycles. The molecule has 6 nitrogen and oxygen atoms in total. The summed E-state index contributed by atoms with van der Waals surface area (Å²) in [5.41, 5.74) is 0.974. The number of H-pyrrole nitrogens is 1. The molecule has 0 saturated heterocycles. The first-order valence-corrected chi connectivity index (χ1v) is 6.56. The molecule has 96 valence electrons. The van der Waals surface area contributed by atoms with Crippen molar-refractivity contribution in [2.24, 2.45) is 5.14 Å². The highest BCUT2D eigenvalue weighted by Crippen LogP contribution is 2.18. The van der Waals surface area contributed by atoms with Crippen LogP contribution in [0.4, 0.5) is 10.1 Å². The number of aromatic nitrogens is 2. The van der Waals surface area contributed by atoms with Crippen molar-refractivity contribution in [3.05, 3.63) is 42.0 Å². The van der Waals surface area contributed by atoms with E-state index in [0.29, 0.717) is 6.54 Å². The molecule has 0 amide bonds. The molecule has 8 heteroatoms. The highest BCUT2D eigenvalue weighted by molar-refractivity contribution is 7.89. The van der Waals surface area contributed by atoms with Gasteiger partial charge in [-0.15, -0.1) is 0 Å². The molecule has 1 aromatic heterocycles.